The second kappa shape index (κ2) is 6.12. The number of rotatable bonds is 3. The molecule has 0 amide bonds. The molecule has 120 valence electrons. The molecule has 0 atom stereocenters. The van der Waals surface area contributed by atoms with Crippen LogP contribution in [0.15, 0.2) is 53.2 Å². The number of benzene rings is 2. The monoisotopic (exact) mass is 321 g/mol. The average Bonchev–Trinajstić information content (AvgIpc) is 2.88. The third kappa shape index (κ3) is 3.25. The molecule has 0 spiro atoms. The molecule has 1 N–H and O–H groups in total. The summed E-state index contributed by atoms with van der Waals surface area (Å²) in [5.74, 6) is -1.24. The number of aliphatic imine (C=N–C) groups is 1. The predicted molar refractivity (Wildman–Crippen MR) is 89.9 cm³/mol. The molecular formula is C19H15NO4. The molecule has 3 rings (SSSR count). The summed E-state index contributed by atoms with van der Waals surface area (Å²) in [6.45, 7) is 3.93. The quantitative estimate of drug-likeness (QED) is 0.695. The molecule has 0 aromatic heterocycles. The van der Waals surface area contributed by atoms with Crippen molar-refractivity contribution in [2.75, 3.05) is 0 Å². The van der Waals surface area contributed by atoms with Gasteiger partial charge in [0.15, 0.2) is 5.70 Å². The van der Waals surface area contributed by atoms with E-state index in [4.69, 9.17) is 9.84 Å². The minimum atomic E-state index is -0.996. The van der Waals surface area contributed by atoms with Crippen LogP contribution in [0.3, 0.4) is 0 Å². The Morgan fingerprint density at radius 2 is 1.71 bits per heavy atom. The average molecular weight is 321 g/mol. The third-order valence-electron chi connectivity index (χ3n) is 3.55. The molecule has 0 radical (unpaired) electrons. The van der Waals surface area contributed by atoms with Gasteiger partial charge in [-0.2, -0.15) is 0 Å². The van der Waals surface area contributed by atoms with Gasteiger partial charge in [0.25, 0.3) is 0 Å². The van der Waals surface area contributed by atoms with Crippen molar-refractivity contribution >= 4 is 23.9 Å². The summed E-state index contributed by atoms with van der Waals surface area (Å²) in [5.41, 5.74) is 3.93. The van der Waals surface area contributed by atoms with Crippen LogP contribution in [0, 0.1) is 13.8 Å². The van der Waals surface area contributed by atoms with E-state index in [9.17, 15) is 9.59 Å². The molecule has 0 saturated carbocycles. The second-order valence-electron chi connectivity index (χ2n) is 5.64. The summed E-state index contributed by atoms with van der Waals surface area (Å²) in [6.07, 6.45) is 1.57. The molecule has 0 bridgehead atoms. The summed E-state index contributed by atoms with van der Waals surface area (Å²) in [4.78, 5) is 27.1. The zero-order valence-corrected chi connectivity index (χ0v) is 13.2. The Morgan fingerprint density at radius 1 is 1.08 bits per heavy atom. The third-order valence-corrected chi connectivity index (χ3v) is 3.55. The van der Waals surface area contributed by atoms with Crippen LogP contribution >= 0.6 is 0 Å². The number of aromatic carboxylic acids is 1. The molecule has 1 aliphatic heterocycles. The van der Waals surface area contributed by atoms with Crippen LogP contribution in [0.25, 0.3) is 6.08 Å². The second-order valence-corrected chi connectivity index (χ2v) is 5.64. The van der Waals surface area contributed by atoms with E-state index in [0.29, 0.717) is 5.56 Å². The highest BCUT2D eigenvalue weighted by molar-refractivity contribution is 6.13. The zero-order valence-electron chi connectivity index (χ0n) is 13.2. The van der Waals surface area contributed by atoms with Crippen molar-refractivity contribution in [2.24, 2.45) is 4.99 Å². The Kier molecular flexibility index (Phi) is 4.00. The van der Waals surface area contributed by atoms with Gasteiger partial charge < -0.3 is 9.84 Å². The van der Waals surface area contributed by atoms with Crippen molar-refractivity contribution in [1.82, 2.24) is 0 Å². The van der Waals surface area contributed by atoms with Gasteiger partial charge in [-0.3, -0.25) is 0 Å². The van der Waals surface area contributed by atoms with Crippen LogP contribution in [0.5, 0.6) is 0 Å². The molecular weight excluding hydrogens is 306 g/mol. The minimum Gasteiger partial charge on any atom is -0.478 e. The number of hydrogen-bond acceptors (Lipinski definition) is 4. The van der Waals surface area contributed by atoms with E-state index in [2.05, 4.69) is 4.99 Å². The number of carboxylic acids is 1. The van der Waals surface area contributed by atoms with Crippen molar-refractivity contribution < 1.29 is 19.4 Å². The summed E-state index contributed by atoms with van der Waals surface area (Å²) in [5, 5.41) is 8.90. The Hall–Kier alpha value is -3.21. The van der Waals surface area contributed by atoms with Crippen molar-refractivity contribution in [3.05, 3.63) is 76.0 Å². The minimum absolute atomic E-state index is 0.186. The van der Waals surface area contributed by atoms with Crippen LogP contribution in [0.4, 0.5) is 0 Å². The molecule has 0 fully saturated rings. The summed E-state index contributed by atoms with van der Waals surface area (Å²) >= 11 is 0. The maximum absolute atomic E-state index is 12.0. The highest BCUT2D eigenvalue weighted by atomic mass is 16.6. The number of ether oxygens (including phenoxy) is 1. The fourth-order valence-corrected chi connectivity index (χ4v) is 2.51. The molecule has 0 saturated heterocycles. The Labute approximate surface area is 138 Å². The molecule has 0 aliphatic carbocycles. The SMILES string of the molecule is Cc1cc(C)cc(C2=N/C(=C\c3ccc(C(=O)O)cc3)C(=O)O2)c1. The lowest BCUT2D eigenvalue weighted by molar-refractivity contribution is -0.129. The molecule has 24 heavy (non-hydrogen) atoms. The van der Waals surface area contributed by atoms with E-state index in [1.807, 2.05) is 32.0 Å². The van der Waals surface area contributed by atoms with Crippen LogP contribution in [-0.4, -0.2) is 22.9 Å². The molecule has 2 aromatic rings. The van der Waals surface area contributed by atoms with Gasteiger partial charge in [0.2, 0.25) is 5.90 Å². The van der Waals surface area contributed by atoms with Crippen LogP contribution in [0.1, 0.15) is 32.6 Å². The number of carbonyl (C=O) groups is 2. The number of aryl methyl sites for hydroxylation is 2. The molecule has 2 aromatic carbocycles. The largest absolute Gasteiger partial charge is 0.478 e. The van der Waals surface area contributed by atoms with Crippen molar-refractivity contribution in [3.63, 3.8) is 0 Å². The van der Waals surface area contributed by atoms with Gasteiger partial charge in [-0.05, 0) is 49.8 Å². The van der Waals surface area contributed by atoms with Crippen LogP contribution < -0.4 is 0 Å². The molecule has 5 heteroatoms. The zero-order chi connectivity index (χ0) is 17.3. The first-order chi connectivity index (χ1) is 11.4. The molecule has 1 heterocycles. The fraction of sp³-hybridized carbons (Fsp3) is 0.105. The maximum atomic E-state index is 12.0. The highest BCUT2D eigenvalue weighted by Gasteiger charge is 2.24. The lowest BCUT2D eigenvalue weighted by Crippen LogP contribution is -2.06. The molecule has 5 nitrogen and oxygen atoms in total. The first-order valence-electron chi connectivity index (χ1n) is 7.37. The fourth-order valence-electron chi connectivity index (χ4n) is 2.51. The van der Waals surface area contributed by atoms with E-state index in [1.54, 1.807) is 18.2 Å². The maximum Gasteiger partial charge on any atom is 0.363 e. The Morgan fingerprint density at radius 3 is 2.29 bits per heavy atom. The van der Waals surface area contributed by atoms with Gasteiger partial charge in [-0.25, -0.2) is 14.6 Å². The van der Waals surface area contributed by atoms with E-state index >= 15 is 0 Å². The summed E-state index contributed by atoms with van der Waals surface area (Å²) in [6, 6.07) is 12.0. The first kappa shape index (κ1) is 15.7. The Balaban J connectivity index is 1.92. The van der Waals surface area contributed by atoms with Crippen molar-refractivity contribution in [3.8, 4) is 0 Å². The smallest absolute Gasteiger partial charge is 0.363 e. The topological polar surface area (TPSA) is 76.0 Å². The van der Waals surface area contributed by atoms with Gasteiger partial charge in [0.1, 0.15) is 0 Å². The molecule has 0 unspecified atom stereocenters. The van der Waals surface area contributed by atoms with Gasteiger partial charge in [0, 0.05) is 5.56 Å². The highest BCUT2D eigenvalue weighted by Crippen LogP contribution is 2.20. The number of hydrogen-bond donors (Lipinski definition) is 1. The van der Waals surface area contributed by atoms with E-state index in [1.165, 1.54) is 12.1 Å². The summed E-state index contributed by atoms with van der Waals surface area (Å²) < 4.78 is 5.25. The summed E-state index contributed by atoms with van der Waals surface area (Å²) in [7, 11) is 0. The molecule has 1 aliphatic rings. The Bertz CT molecular complexity index is 872. The normalized spacial score (nSPS) is 15.3. The van der Waals surface area contributed by atoms with Crippen molar-refractivity contribution in [1.29, 1.82) is 0 Å². The van der Waals surface area contributed by atoms with Gasteiger partial charge in [-0.1, -0.05) is 29.3 Å². The van der Waals surface area contributed by atoms with Gasteiger partial charge >= 0.3 is 11.9 Å². The van der Waals surface area contributed by atoms with Crippen LogP contribution in [-0.2, 0) is 9.53 Å². The van der Waals surface area contributed by atoms with E-state index < -0.39 is 11.9 Å². The van der Waals surface area contributed by atoms with Gasteiger partial charge in [-0.15, -0.1) is 0 Å². The standard InChI is InChI=1S/C19H15NO4/c1-11-7-12(2)9-15(8-11)17-20-16(19(23)24-17)10-13-3-5-14(6-4-13)18(21)22/h3-10H,1-2H3,(H,21,22)/b16-10-. The number of cyclic esters (lactones) is 1. The number of carboxylic acid groups (broad SMARTS) is 1. The lowest BCUT2D eigenvalue weighted by Gasteiger charge is -2.03. The van der Waals surface area contributed by atoms with Gasteiger partial charge in [0.05, 0.1) is 5.56 Å². The van der Waals surface area contributed by atoms with E-state index in [-0.39, 0.29) is 17.2 Å². The predicted octanol–water partition coefficient (Wildman–Crippen LogP) is 3.35. The van der Waals surface area contributed by atoms with Crippen LogP contribution in [0.2, 0.25) is 0 Å². The first-order valence-corrected chi connectivity index (χ1v) is 7.37. The number of nitrogens with zero attached hydrogens (tertiary/aromatic N) is 1. The number of carbonyl (C=O) groups excluding carboxylic acids is 1. The van der Waals surface area contributed by atoms with Crippen molar-refractivity contribution in [2.45, 2.75) is 13.8 Å². The lowest BCUT2D eigenvalue weighted by atomic mass is 10.1. The number of esters is 1. The van der Waals surface area contributed by atoms with E-state index in [0.717, 1.165) is 16.7 Å².